The number of benzene rings is 1. The maximum Gasteiger partial charge on any atom is 0.223 e. The van der Waals surface area contributed by atoms with Gasteiger partial charge in [0.15, 0.2) is 0 Å². The van der Waals surface area contributed by atoms with E-state index in [0.29, 0.717) is 21.9 Å². The molecule has 1 amide bonds. The summed E-state index contributed by atoms with van der Waals surface area (Å²) in [5.41, 5.74) is 1.12. The molecule has 3 atom stereocenters. The maximum absolute atomic E-state index is 12.2. The molecule has 1 aromatic carbocycles. The molecule has 0 bridgehead atoms. The summed E-state index contributed by atoms with van der Waals surface area (Å²) < 4.78 is 0. The van der Waals surface area contributed by atoms with Gasteiger partial charge in [0.05, 0.1) is 10.0 Å². The van der Waals surface area contributed by atoms with Crippen LogP contribution in [-0.4, -0.2) is 25.5 Å². The van der Waals surface area contributed by atoms with Crippen LogP contribution in [0.1, 0.15) is 37.2 Å². The summed E-state index contributed by atoms with van der Waals surface area (Å²) in [4.78, 5) is 12.2. The lowest BCUT2D eigenvalue weighted by atomic mass is 9.96. The zero-order valence-corrected chi connectivity index (χ0v) is 15.3. The largest absolute Gasteiger partial charge is 0.356 e. The molecule has 23 heavy (non-hydrogen) atoms. The molecule has 1 aliphatic carbocycles. The van der Waals surface area contributed by atoms with Gasteiger partial charge in [-0.2, -0.15) is 0 Å². The van der Waals surface area contributed by atoms with Crippen LogP contribution in [0.4, 0.5) is 0 Å². The summed E-state index contributed by atoms with van der Waals surface area (Å²) in [6.07, 6.45) is 4.51. The Morgan fingerprint density at radius 1 is 1.30 bits per heavy atom. The van der Waals surface area contributed by atoms with Gasteiger partial charge < -0.3 is 10.6 Å². The minimum absolute atomic E-state index is 0. The lowest BCUT2D eigenvalue weighted by molar-refractivity contribution is -0.122. The molecule has 1 saturated carbocycles. The van der Waals surface area contributed by atoms with E-state index in [1.54, 1.807) is 0 Å². The van der Waals surface area contributed by atoms with E-state index in [2.05, 4.69) is 10.6 Å². The van der Waals surface area contributed by atoms with Crippen molar-refractivity contribution in [3.05, 3.63) is 33.8 Å². The Hall–Kier alpha value is -0.480. The van der Waals surface area contributed by atoms with E-state index < -0.39 is 0 Å². The molecule has 3 rings (SSSR count). The quantitative estimate of drug-likeness (QED) is 0.813. The molecular formula is C17H23Cl3N2O. The number of nitrogens with one attached hydrogen (secondary N) is 2. The number of hydrogen-bond donors (Lipinski definition) is 2. The van der Waals surface area contributed by atoms with Crippen molar-refractivity contribution in [2.45, 2.75) is 31.6 Å². The van der Waals surface area contributed by atoms with E-state index in [-0.39, 0.29) is 24.2 Å². The molecule has 6 heteroatoms. The van der Waals surface area contributed by atoms with Crippen molar-refractivity contribution in [1.29, 1.82) is 0 Å². The molecule has 2 N–H and O–H groups in total. The smallest absolute Gasteiger partial charge is 0.223 e. The Kier molecular flexibility index (Phi) is 7.02. The van der Waals surface area contributed by atoms with Gasteiger partial charge in [0.1, 0.15) is 0 Å². The zero-order chi connectivity index (χ0) is 15.5. The maximum atomic E-state index is 12.2. The predicted octanol–water partition coefficient (Wildman–Crippen LogP) is 4.02. The normalized spacial score (nSPS) is 26.3. The van der Waals surface area contributed by atoms with Gasteiger partial charge in [-0.15, -0.1) is 12.4 Å². The van der Waals surface area contributed by atoms with Crippen molar-refractivity contribution < 1.29 is 4.79 Å². The number of carbonyl (C=O) groups is 1. The van der Waals surface area contributed by atoms with Gasteiger partial charge >= 0.3 is 0 Å². The number of rotatable bonds is 5. The highest BCUT2D eigenvalue weighted by molar-refractivity contribution is 6.42. The lowest BCUT2D eigenvalue weighted by Gasteiger charge is -2.22. The summed E-state index contributed by atoms with van der Waals surface area (Å²) in [5, 5.41) is 7.63. The average Bonchev–Trinajstić information content (AvgIpc) is 3.32. The van der Waals surface area contributed by atoms with Crippen LogP contribution in [-0.2, 0) is 4.79 Å². The summed E-state index contributed by atoms with van der Waals surface area (Å²) in [7, 11) is 0. The molecule has 0 radical (unpaired) electrons. The van der Waals surface area contributed by atoms with Crippen molar-refractivity contribution in [1.82, 2.24) is 10.6 Å². The molecule has 3 unspecified atom stereocenters. The first-order valence-corrected chi connectivity index (χ1v) is 8.84. The second-order valence-electron chi connectivity index (χ2n) is 6.41. The first kappa shape index (κ1) is 18.9. The van der Waals surface area contributed by atoms with Gasteiger partial charge in [0.25, 0.3) is 0 Å². The average molecular weight is 378 g/mol. The van der Waals surface area contributed by atoms with Crippen LogP contribution in [0.5, 0.6) is 0 Å². The molecule has 1 aliphatic heterocycles. The highest BCUT2D eigenvalue weighted by Gasteiger charge is 2.43. The Bertz CT molecular complexity index is 547. The first-order chi connectivity index (χ1) is 10.6. The van der Waals surface area contributed by atoms with Gasteiger partial charge in [0.2, 0.25) is 5.91 Å². The number of hydrogen-bond acceptors (Lipinski definition) is 2. The van der Waals surface area contributed by atoms with Crippen molar-refractivity contribution in [2.75, 3.05) is 19.6 Å². The van der Waals surface area contributed by atoms with E-state index in [9.17, 15) is 4.79 Å². The van der Waals surface area contributed by atoms with Gasteiger partial charge in [0, 0.05) is 12.5 Å². The third kappa shape index (κ3) is 4.99. The van der Waals surface area contributed by atoms with Gasteiger partial charge in [-0.05, 0) is 68.3 Å². The molecule has 2 aliphatic rings. The van der Waals surface area contributed by atoms with Crippen LogP contribution < -0.4 is 10.6 Å². The third-order valence-electron chi connectivity index (χ3n) is 4.75. The first-order valence-electron chi connectivity index (χ1n) is 8.08. The van der Waals surface area contributed by atoms with Crippen LogP contribution in [0.25, 0.3) is 0 Å². The van der Waals surface area contributed by atoms with E-state index in [4.69, 9.17) is 23.2 Å². The lowest BCUT2D eigenvalue weighted by Crippen LogP contribution is -2.33. The Labute approximate surface area is 153 Å². The van der Waals surface area contributed by atoms with E-state index >= 15 is 0 Å². The standard InChI is InChI=1S/C17H22Cl2N2O.ClH/c18-15-4-3-12(8-16(15)19)13-9-14(13)17(22)21-7-5-11-2-1-6-20-10-11;/h3-4,8,11,13-14,20H,1-2,5-7,9-10H2,(H,21,22);1H. The van der Waals surface area contributed by atoms with Crippen molar-refractivity contribution in [2.24, 2.45) is 11.8 Å². The van der Waals surface area contributed by atoms with Crippen LogP contribution >= 0.6 is 35.6 Å². The Morgan fingerprint density at radius 2 is 2.13 bits per heavy atom. The second-order valence-corrected chi connectivity index (χ2v) is 7.23. The Morgan fingerprint density at radius 3 is 2.83 bits per heavy atom. The molecule has 1 aromatic rings. The highest BCUT2D eigenvalue weighted by atomic mass is 35.5. The van der Waals surface area contributed by atoms with Crippen molar-refractivity contribution in [3.8, 4) is 0 Å². The second kappa shape index (κ2) is 8.57. The molecule has 128 valence electrons. The fourth-order valence-corrected chi connectivity index (χ4v) is 3.60. The van der Waals surface area contributed by atoms with Gasteiger partial charge in [-0.3, -0.25) is 4.79 Å². The molecule has 1 heterocycles. The van der Waals surface area contributed by atoms with Crippen LogP contribution in [0.3, 0.4) is 0 Å². The van der Waals surface area contributed by atoms with Crippen molar-refractivity contribution >= 4 is 41.5 Å². The minimum atomic E-state index is 0. The fraction of sp³-hybridized carbons (Fsp3) is 0.588. The van der Waals surface area contributed by atoms with Crippen molar-refractivity contribution in [3.63, 3.8) is 0 Å². The number of piperidine rings is 1. The summed E-state index contributed by atoms with van der Waals surface area (Å²) >= 11 is 12.0. The molecular weight excluding hydrogens is 355 g/mol. The Balaban J connectivity index is 0.00000192. The van der Waals surface area contributed by atoms with E-state index in [1.165, 1.54) is 12.8 Å². The fourth-order valence-electron chi connectivity index (χ4n) is 3.30. The van der Waals surface area contributed by atoms with E-state index in [1.807, 2.05) is 18.2 Å². The third-order valence-corrected chi connectivity index (χ3v) is 5.49. The number of halogens is 3. The molecule has 1 saturated heterocycles. The monoisotopic (exact) mass is 376 g/mol. The topological polar surface area (TPSA) is 41.1 Å². The summed E-state index contributed by atoms with van der Waals surface area (Å²) in [6, 6.07) is 5.66. The molecule has 3 nitrogen and oxygen atoms in total. The summed E-state index contributed by atoms with van der Waals surface area (Å²) in [5.74, 6) is 1.28. The summed E-state index contributed by atoms with van der Waals surface area (Å²) in [6.45, 7) is 3.01. The van der Waals surface area contributed by atoms with Crippen LogP contribution in [0.2, 0.25) is 10.0 Å². The SMILES string of the molecule is Cl.O=C(NCCC1CCCNC1)C1CC1c1ccc(Cl)c(Cl)c1. The number of amides is 1. The zero-order valence-electron chi connectivity index (χ0n) is 13.0. The number of carbonyl (C=O) groups excluding carboxylic acids is 1. The highest BCUT2D eigenvalue weighted by Crippen LogP contribution is 2.48. The van der Waals surface area contributed by atoms with E-state index in [0.717, 1.165) is 38.0 Å². The molecule has 0 aromatic heterocycles. The molecule has 0 spiro atoms. The van der Waals surface area contributed by atoms with Crippen LogP contribution in [0.15, 0.2) is 18.2 Å². The molecule has 2 fully saturated rings. The van der Waals surface area contributed by atoms with Gasteiger partial charge in [-0.25, -0.2) is 0 Å². The predicted molar refractivity (Wildman–Crippen MR) is 97.8 cm³/mol. The minimum Gasteiger partial charge on any atom is -0.356 e. The van der Waals surface area contributed by atoms with Gasteiger partial charge in [-0.1, -0.05) is 29.3 Å². The van der Waals surface area contributed by atoms with Crippen LogP contribution in [0, 0.1) is 11.8 Å².